The first-order valence-electron chi connectivity index (χ1n) is 10.7. The van der Waals surface area contributed by atoms with Crippen LogP contribution in [0, 0.1) is 0 Å². The topological polar surface area (TPSA) is 104 Å². The van der Waals surface area contributed by atoms with Crippen LogP contribution in [0.3, 0.4) is 0 Å². The quantitative estimate of drug-likeness (QED) is 0.463. The Bertz CT molecular complexity index is 1110. The fourth-order valence-electron chi connectivity index (χ4n) is 3.82. The average molecular weight is 437 g/mol. The van der Waals surface area contributed by atoms with Gasteiger partial charge in [0.05, 0.1) is 25.4 Å². The maximum absolute atomic E-state index is 11.6. The van der Waals surface area contributed by atoms with Crippen LogP contribution in [0.4, 0.5) is 5.69 Å². The molecule has 1 aliphatic rings. The second-order valence-corrected chi connectivity index (χ2v) is 8.18. The molecule has 168 valence electrons. The second-order valence-electron chi connectivity index (χ2n) is 8.18. The van der Waals surface area contributed by atoms with E-state index in [9.17, 15) is 4.79 Å². The average Bonchev–Trinajstić information content (AvgIpc) is 3.18. The van der Waals surface area contributed by atoms with Crippen molar-refractivity contribution in [2.45, 2.75) is 32.8 Å². The van der Waals surface area contributed by atoms with E-state index in [4.69, 9.17) is 19.7 Å². The van der Waals surface area contributed by atoms with Crippen LogP contribution < -0.4 is 10.5 Å². The lowest BCUT2D eigenvalue weighted by molar-refractivity contribution is -0.141. The molecule has 8 heteroatoms. The van der Waals surface area contributed by atoms with Crippen molar-refractivity contribution in [3.8, 4) is 28.6 Å². The van der Waals surface area contributed by atoms with Crippen LogP contribution in [0.2, 0.25) is 0 Å². The van der Waals surface area contributed by atoms with E-state index in [0.29, 0.717) is 29.7 Å². The van der Waals surface area contributed by atoms with Crippen LogP contribution >= 0.6 is 0 Å². The molecule has 0 spiro atoms. The number of hydrogen-bond donors (Lipinski definition) is 1. The van der Waals surface area contributed by atoms with Gasteiger partial charge in [-0.15, -0.1) is 0 Å². The highest BCUT2D eigenvalue weighted by atomic mass is 16.5. The summed E-state index contributed by atoms with van der Waals surface area (Å²) in [5, 5.41) is 4.17. The highest BCUT2D eigenvalue weighted by molar-refractivity contribution is 5.71. The Morgan fingerprint density at radius 1 is 1.12 bits per heavy atom. The molecule has 4 rings (SSSR count). The third-order valence-corrected chi connectivity index (χ3v) is 5.49. The minimum Gasteiger partial charge on any atom is -0.489 e. The van der Waals surface area contributed by atoms with E-state index in [0.717, 1.165) is 37.1 Å². The molecule has 0 radical (unpaired) electrons. The first-order valence-corrected chi connectivity index (χ1v) is 10.7. The third-order valence-electron chi connectivity index (χ3n) is 5.49. The summed E-state index contributed by atoms with van der Waals surface area (Å²) in [6.45, 7) is 5.85. The molecule has 0 saturated carbocycles. The van der Waals surface area contributed by atoms with Crippen molar-refractivity contribution in [1.29, 1.82) is 0 Å². The van der Waals surface area contributed by atoms with Gasteiger partial charge in [0.2, 0.25) is 5.82 Å². The number of esters is 1. The second kappa shape index (κ2) is 9.40. The molecule has 0 aliphatic carbocycles. The number of carbonyl (C=O) groups is 1. The number of ether oxygens (including phenoxy) is 2. The van der Waals surface area contributed by atoms with Crippen molar-refractivity contribution < 1.29 is 18.8 Å². The van der Waals surface area contributed by atoms with Gasteiger partial charge in [-0.1, -0.05) is 17.3 Å². The Balaban J connectivity index is 1.51. The molecule has 3 aromatic rings. The maximum atomic E-state index is 11.6. The highest BCUT2D eigenvalue weighted by Crippen LogP contribution is 2.30. The van der Waals surface area contributed by atoms with Crippen molar-refractivity contribution in [3.05, 3.63) is 47.5 Å². The Kier molecular flexibility index (Phi) is 6.41. The van der Waals surface area contributed by atoms with Gasteiger partial charge < -0.3 is 19.7 Å². The molecule has 1 aliphatic heterocycles. The van der Waals surface area contributed by atoms with Crippen molar-refractivity contribution in [1.82, 2.24) is 15.0 Å². The smallest absolute Gasteiger partial charge is 0.319 e. The monoisotopic (exact) mass is 436 g/mol. The summed E-state index contributed by atoms with van der Waals surface area (Å²) in [6, 6.07) is 11.7. The molecule has 0 saturated heterocycles. The number of nitrogen functional groups attached to an aromatic ring is 1. The Morgan fingerprint density at radius 3 is 2.59 bits per heavy atom. The van der Waals surface area contributed by atoms with E-state index >= 15 is 0 Å². The number of rotatable bonds is 6. The zero-order valence-electron chi connectivity index (χ0n) is 18.6. The third kappa shape index (κ3) is 4.91. The van der Waals surface area contributed by atoms with Gasteiger partial charge in [0.1, 0.15) is 5.75 Å². The molecule has 0 atom stereocenters. The number of hydrogen-bond acceptors (Lipinski definition) is 8. The molecular formula is C24H28N4O4. The number of aromatic nitrogens is 2. The molecule has 2 aromatic carbocycles. The molecule has 0 unspecified atom stereocenters. The molecule has 0 fully saturated rings. The van der Waals surface area contributed by atoms with Crippen molar-refractivity contribution in [2.75, 3.05) is 32.5 Å². The standard InChI is InChI=1S/C24H28N4O4/c1-15(2)31-21-7-6-19(13-20(21)25)24-26-23(27-32-24)18-5-4-16-8-10-28(14-22(29)30-3)11-9-17(16)12-18/h4-7,12-13,15H,8-11,14,25H2,1-3H3. The van der Waals surface area contributed by atoms with Crippen LogP contribution in [0.25, 0.3) is 22.8 Å². The molecule has 2 N–H and O–H groups in total. The van der Waals surface area contributed by atoms with Crippen LogP contribution in [0.1, 0.15) is 25.0 Å². The first-order chi connectivity index (χ1) is 15.4. The van der Waals surface area contributed by atoms with Crippen molar-refractivity contribution >= 4 is 11.7 Å². The summed E-state index contributed by atoms with van der Waals surface area (Å²) in [4.78, 5) is 18.3. The van der Waals surface area contributed by atoms with Gasteiger partial charge in [-0.3, -0.25) is 9.69 Å². The van der Waals surface area contributed by atoms with Gasteiger partial charge in [-0.2, -0.15) is 4.98 Å². The Labute approximate surface area is 187 Å². The normalized spacial score (nSPS) is 14.1. The number of methoxy groups -OCH3 is 1. The van der Waals surface area contributed by atoms with Crippen molar-refractivity contribution in [2.24, 2.45) is 0 Å². The van der Waals surface area contributed by atoms with Crippen LogP contribution in [0.15, 0.2) is 40.9 Å². The van der Waals surface area contributed by atoms with Gasteiger partial charge in [0, 0.05) is 24.2 Å². The van der Waals surface area contributed by atoms with Gasteiger partial charge in [-0.05, 0) is 62.1 Å². The predicted octanol–water partition coefficient (Wildman–Crippen LogP) is 3.35. The molecule has 2 heterocycles. The van der Waals surface area contributed by atoms with E-state index in [1.54, 1.807) is 6.07 Å². The summed E-state index contributed by atoms with van der Waals surface area (Å²) < 4.78 is 16.0. The van der Waals surface area contributed by atoms with E-state index in [2.05, 4.69) is 27.2 Å². The van der Waals surface area contributed by atoms with Crippen molar-refractivity contribution in [3.63, 3.8) is 0 Å². The number of benzene rings is 2. The SMILES string of the molecule is COC(=O)CN1CCc2ccc(-c3noc(-c4ccc(OC(C)C)c(N)c4)n3)cc2CC1. The largest absolute Gasteiger partial charge is 0.489 e. The number of carbonyl (C=O) groups excluding carboxylic acids is 1. The molecule has 8 nitrogen and oxygen atoms in total. The fraction of sp³-hybridized carbons (Fsp3) is 0.375. The van der Waals surface area contributed by atoms with Gasteiger partial charge in [0.15, 0.2) is 0 Å². The lowest BCUT2D eigenvalue weighted by Gasteiger charge is -2.17. The lowest BCUT2D eigenvalue weighted by atomic mass is 10.00. The van der Waals surface area contributed by atoms with E-state index in [1.807, 2.05) is 32.0 Å². The highest BCUT2D eigenvalue weighted by Gasteiger charge is 2.19. The fourth-order valence-corrected chi connectivity index (χ4v) is 3.82. The molecule has 0 bridgehead atoms. The minimum atomic E-state index is -0.208. The Hall–Kier alpha value is -3.39. The summed E-state index contributed by atoms with van der Waals surface area (Å²) >= 11 is 0. The van der Waals surface area contributed by atoms with E-state index in [-0.39, 0.29) is 12.1 Å². The lowest BCUT2D eigenvalue weighted by Crippen LogP contribution is -2.32. The zero-order valence-corrected chi connectivity index (χ0v) is 18.6. The summed E-state index contributed by atoms with van der Waals surface area (Å²) in [6.07, 6.45) is 1.77. The molecular weight excluding hydrogens is 408 g/mol. The molecule has 1 aromatic heterocycles. The van der Waals surface area contributed by atoms with Gasteiger partial charge in [-0.25, -0.2) is 0 Å². The van der Waals surface area contributed by atoms with Crippen LogP contribution in [0.5, 0.6) is 5.75 Å². The predicted molar refractivity (Wildman–Crippen MR) is 121 cm³/mol. The zero-order chi connectivity index (χ0) is 22.7. The van der Waals surface area contributed by atoms with Crippen LogP contribution in [-0.2, 0) is 22.4 Å². The summed E-state index contributed by atoms with van der Waals surface area (Å²) in [7, 11) is 1.42. The number of anilines is 1. The number of nitrogens with two attached hydrogens (primary N) is 1. The van der Waals surface area contributed by atoms with Gasteiger partial charge >= 0.3 is 5.97 Å². The minimum absolute atomic E-state index is 0.0407. The Morgan fingerprint density at radius 2 is 1.88 bits per heavy atom. The summed E-state index contributed by atoms with van der Waals surface area (Å²) in [5.74, 6) is 1.36. The number of fused-ring (bicyclic) bond motifs is 1. The first kappa shape index (κ1) is 21.8. The van der Waals surface area contributed by atoms with E-state index < -0.39 is 0 Å². The number of nitrogens with zero attached hydrogens (tertiary/aromatic N) is 3. The molecule has 32 heavy (non-hydrogen) atoms. The molecule has 0 amide bonds. The maximum Gasteiger partial charge on any atom is 0.319 e. The van der Waals surface area contributed by atoms with E-state index in [1.165, 1.54) is 18.2 Å². The van der Waals surface area contributed by atoms with Gasteiger partial charge in [0.25, 0.3) is 5.89 Å². The van der Waals surface area contributed by atoms with Crippen LogP contribution in [-0.4, -0.2) is 53.9 Å². The summed E-state index contributed by atoms with van der Waals surface area (Å²) in [5.41, 5.74) is 10.8.